The Morgan fingerprint density at radius 2 is 1.96 bits per heavy atom. The smallest absolute Gasteiger partial charge is 0.349 e. The molecule has 0 aliphatic rings. The summed E-state index contributed by atoms with van der Waals surface area (Å²) in [7, 11) is 0. The van der Waals surface area contributed by atoms with Crippen molar-refractivity contribution in [1.29, 1.82) is 5.26 Å². The predicted octanol–water partition coefficient (Wildman–Crippen LogP) is 4.18. The maximum absolute atomic E-state index is 12.8. The number of esters is 1. The number of ether oxygens (including phenoxy) is 2. The first-order chi connectivity index (χ1) is 13.0. The number of aryl methyl sites for hydroxylation is 1. The molecule has 27 heavy (non-hydrogen) atoms. The number of nitriles is 1. The Hall–Kier alpha value is -3.07. The van der Waals surface area contributed by atoms with E-state index >= 15 is 0 Å². The lowest BCUT2D eigenvalue weighted by molar-refractivity contribution is -0.139. The number of hydrogen-bond donors (Lipinski definition) is 0. The van der Waals surface area contributed by atoms with Crippen LogP contribution in [0.1, 0.15) is 30.3 Å². The molecule has 0 fully saturated rings. The molecule has 0 atom stereocenters. The summed E-state index contributed by atoms with van der Waals surface area (Å²) >= 11 is 0. The van der Waals surface area contributed by atoms with Crippen LogP contribution in [0.3, 0.4) is 0 Å². The number of nitrogens with zero attached hydrogens (tertiary/aromatic N) is 2. The fraction of sp³-hybridized carbons (Fsp3) is 0.333. The standard InChI is InChI=1S/C21H23FN2O3/c1-4-9-24-15(2)12-17(16(24)3)13-18(14-23)21(25)27-11-10-26-20-7-5-19(22)6-8-20/h5-8,12-13H,4,9-11H2,1-3H3/b18-13+. The molecule has 0 saturated heterocycles. The van der Waals surface area contributed by atoms with Crippen molar-refractivity contribution in [3.8, 4) is 11.8 Å². The fourth-order valence-electron chi connectivity index (χ4n) is 2.74. The van der Waals surface area contributed by atoms with E-state index in [9.17, 15) is 14.4 Å². The number of carbonyl (C=O) groups is 1. The van der Waals surface area contributed by atoms with Gasteiger partial charge in [-0.05, 0) is 62.2 Å². The van der Waals surface area contributed by atoms with Crippen LogP contribution in [0.2, 0.25) is 0 Å². The van der Waals surface area contributed by atoms with Gasteiger partial charge in [-0.2, -0.15) is 5.26 Å². The summed E-state index contributed by atoms with van der Waals surface area (Å²) in [5.74, 6) is -0.566. The van der Waals surface area contributed by atoms with E-state index in [0.717, 1.165) is 29.9 Å². The minimum absolute atomic E-state index is 0.00984. The van der Waals surface area contributed by atoms with Crippen LogP contribution in [0.15, 0.2) is 35.9 Å². The van der Waals surface area contributed by atoms with Gasteiger partial charge in [0.2, 0.25) is 0 Å². The zero-order chi connectivity index (χ0) is 19.8. The van der Waals surface area contributed by atoms with Crippen molar-refractivity contribution in [3.05, 3.63) is 58.7 Å². The molecule has 0 spiro atoms. The highest BCUT2D eigenvalue weighted by Crippen LogP contribution is 2.19. The maximum atomic E-state index is 12.8. The van der Waals surface area contributed by atoms with Crippen molar-refractivity contribution >= 4 is 12.0 Å². The van der Waals surface area contributed by atoms with Crippen molar-refractivity contribution in [2.45, 2.75) is 33.7 Å². The summed E-state index contributed by atoms with van der Waals surface area (Å²) in [6.45, 7) is 7.05. The van der Waals surface area contributed by atoms with E-state index in [-0.39, 0.29) is 24.6 Å². The molecule has 0 amide bonds. The molecule has 142 valence electrons. The van der Waals surface area contributed by atoms with E-state index < -0.39 is 5.97 Å². The quantitative estimate of drug-likeness (QED) is 0.303. The fourth-order valence-corrected chi connectivity index (χ4v) is 2.74. The third kappa shape index (κ3) is 5.45. The number of aromatic nitrogens is 1. The molecule has 0 bridgehead atoms. The third-order valence-corrected chi connectivity index (χ3v) is 4.10. The van der Waals surface area contributed by atoms with Crippen LogP contribution < -0.4 is 4.74 Å². The molecule has 0 N–H and O–H groups in total. The minimum Gasteiger partial charge on any atom is -0.490 e. The van der Waals surface area contributed by atoms with E-state index in [0.29, 0.717) is 5.75 Å². The SMILES string of the molecule is CCCn1c(C)cc(/C=C(\C#N)C(=O)OCCOc2ccc(F)cc2)c1C. The highest BCUT2D eigenvalue weighted by Gasteiger charge is 2.14. The van der Waals surface area contributed by atoms with Gasteiger partial charge in [-0.1, -0.05) is 6.92 Å². The van der Waals surface area contributed by atoms with Crippen molar-refractivity contribution < 1.29 is 18.7 Å². The van der Waals surface area contributed by atoms with E-state index in [1.165, 1.54) is 24.3 Å². The average molecular weight is 370 g/mol. The second-order valence-electron chi connectivity index (χ2n) is 6.09. The van der Waals surface area contributed by atoms with Crippen LogP contribution in [0.5, 0.6) is 5.75 Å². The van der Waals surface area contributed by atoms with Gasteiger partial charge in [0.15, 0.2) is 0 Å². The first-order valence-electron chi connectivity index (χ1n) is 8.80. The number of benzene rings is 1. The van der Waals surface area contributed by atoms with Gasteiger partial charge in [0, 0.05) is 17.9 Å². The molecular weight excluding hydrogens is 347 g/mol. The first kappa shape index (κ1) is 20.2. The van der Waals surface area contributed by atoms with Crippen LogP contribution in [0.25, 0.3) is 6.08 Å². The molecule has 2 aromatic rings. The summed E-state index contributed by atoms with van der Waals surface area (Å²) in [4.78, 5) is 12.1. The van der Waals surface area contributed by atoms with Gasteiger partial charge in [0.1, 0.15) is 36.4 Å². The van der Waals surface area contributed by atoms with Gasteiger partial charge in [-0.25, -0.2) is 9.18 Å². The van der Waals surface area contributed by atoms with Gasteiger partial charge in [0.25, 0.3) is 0 Å². The second kappa shape index (κ2) is 9.58. The molecule has 1 aromatic heterocycles. The maximum Gasteiger partial charge on any atom is 0.349 e. The molecule has 0 saturated carbocycles. The topological polar surface area (TPSA) is 64.2 Å². The van der Waals surface area contributed by atoms with Crippen molar-refractivity contribution in [3.63, 3.8) is 0 Å². The van der Waals surface area contributed by atoms with E-state index in [4.69, 9.17) is 9.47 Å². The molecule has 1 heterocycles. The Labute approximate surface area is 158 Å². The zero-order valence-electron chi connectivity index (χ0n) is 15.8. The highest BCUT2D eigenvalue weighted by atomic mass is 19.1. The Kier molecular flexibility index (Phi) is 7.18. The zero-order valence-corrected chi connectivity index (χ0v) is 15.8. The molecule has 0 aliphatic carbocycles. The minimum atomic E-state index is -0.694. The lowest BCUT2D eigenvalue weighted by Crippen LogP contribution is -2.13. The number of halogens is 1. The Balaban J connectivity index is 1.95. The molecule has 6 heteroatoms. The number of carbonyl (C=O) groups excluding carboxylic acids is 1. The molecule has 1 aromatic carbocycles. The van der Waals surface area contributed by atoms with Crippen LogP contribution in [-0.2, 0) is 16.1 Å². The first-order valence-corrected chi connectivity index (χ1v) is 8.80. The van der Waals surface area contributed by atoms with E-state index in [1.54, 1.807) is 6.08 Å². The van der Waals surface area contributed by atoms with Gasteiger partial charge < -0.3 is 14.0 Å². The van der Waals surface area contributed by atoms with Crippen LogP contribution in [-0.4, -0.2) is 23.8 Å². The third-order valence-electron chi connectivity index (χ3n) is 4.10. The van der Waals surface area contributed by atoms with E-state index in [1.807, 2.05) is 26.0 Å². The van der Waals surface area contributed by atoms with Crippen LogP contribution >= 0.6 is 0 Å². The molecule has 0 aliphatic heterocycles. The normalized spacial score (nSPS) is 11.1. The Bertz CT molecular complexity index is 861. The van der Waals surface area contributed by atoms with Crippen molar-refractivity contribution in [2.75, 3.05) is 13.2 Å². The summed E-state index contributed by atoms with van der Waals surface area (Å²) in [6, 6.07) is 9.40. The summed E-state index contributed by atoms with van der Waals surface area (Å²) in [5.41, 5.74) is 2.86. The highest BCUT2D eigenvalue weighted by molar-refractivity contribution is 5.98. The predicted molar refractivity (Wildman–Crippen MR) is 101 cm³/mol. The average Bonchev–Trinajstić information content (AvgIpc) is 2.92. The van der Waals surface area contributed by atoms with Gasteiger partial charge in [0.05, 0.1) is 0 Å². The number of hydrogen-bond acceptors (Lipinski definition) is 4. The van der Waals surface area contributed by atoms with Crippen LogP contribution in [0.4, 0.5) is 4.39 Å². The molecule has 2 rings (SSSR count). The van der Waals surface area contributed by atoms with Crippen molar-refractivity contribution in [2.24, 2.45) is 0 Å². The molecule has 0 radical (unpaired) electrons. The summed E-state index contributed by atoms with van der Waals surface area (Å²) in [6.07, 6.45) is 2.55. The second-order valence-corrected chi connectivity index (χ2v) is 6.09. The summed E-state index contributed by atoms with van der Waals surface area (Å²) in [5, 5.41) is 9.30. The number of rotatable bonds is 8. The Morgan fingerprint density at radius 1 is 1.26 bits per heavy atom. The molecule has 5 nitrogen and oxygen atoms in total. The van der Waals surface area contributed by atoms with Crippen molar-refractivity contribution in [1.82, 2.24) is 4.57 Å². The van der Waals surface area contributed by atoms with E-state index in [2.05, 4.69) is 11.5 Å². The monoisotopic (exact) mass is 370 g/mol. The van der Waals surface area contributed by atoms with Crippen LogP contribution in [0, 0.1) is 31.0 Å². The van der Waals surface area contributed by atoms with Gasteiger partial charge in [-0.15, -0.1) is 0 Å². The van der Waals surface area contributed by atoms with Gasteiger partial charge in [-0.3, -0.25) is 0 Å². The lowest BCUT2D eigenvalue weighted by Gasteiger charge is -2.08. The van der Waals surface area contributed by atoms with Gasteiger partial charge >= 0.3 is 5.97 Å². The molecular formula is C21H23FN2O3. The summed E-state index contributed by atoms with van der Waals surface area (Å²) < 4.78 is 25.4. The molecule has 0 unspecified atom stereocenters. The Morgan fingerprint density at radius 3 is 2.59 bits per heavy atom. The largest absolute Gasteiger partial charge is 0.490 e. The lowest BCUT2D eigenvalue weighted by atomic mass is 10.1.